The van der Waals surface area contributed by atoms with Crippen LogP contribution in [0.5, 0.6) is 0 Å². The predicted octanol–water partition coefficient (Wildman–Crippen LogP) is 2.67. The van der Waals surface area contributed by atoms with Crippen molar-refractivity contribution in [2.24, 2.45) is 4.99 Å². The van der Waals surface area contributed by atoms with Crippen molar-refractivity contribution in [2.45, 2.75) is 44.6 Å². The van der Waals surface area contributed by atoms with Crippen LogP contribution in [0.3, 0.4) is 0 Å². The van der Waals surface area contributed by atoms with Crippen molar-refractivity contribution in [2.75, 3.05) is 0 Å². The highest BCUT2D eigenvalue weighted by atomic mass is 16.5. The van der Waals surface area contributed by atoms with Gasteiger partial charge in [-0.3, -0.25) is 0 Å². The Kier molecular flexibility index (Phi) is 2.96. The predicted molar refractivity (Wildman–Crippen MR) is 56.9 cm³/mol. The van der Waals surface area contributed by atoms with Gasteiger partial charge in [-0.2, -0.15) is 0 Å². The molecule has 3 heteroatoms. The zero-order valence-electron chi connectivity index (χ0n) is 8.33. The average molecular weight is 192 g/mol. The van der Waals surface area contributed by atoms with Crippen molar-refractivity contribution in [1.29, 1.82) is 5.41 Å². The van der Waals surface area contributed by atoms with Crippen LogP contribution in [0.2, 0.25) is 0 Å². The van der Waals surface area contributed by atoms with Crippen LogP contribution < -0.4 is 0 Å². The van der Waals surface area contributed by atoms with Gasteiger partial charge in [0.25, 0.3) is 0 Å². The summed E-state index contributed by atoms with van der Waals surface area (Å²) in [6.07, 6.45) is 10.5. The summed E-state index contributed by atoms with van der Waals surface area (Å²) < 4.78 is 5.68. The number of hydrogen-bond acceptors (Lipinski definition) is 3. The first-order valence-electron chi connectivity index (χ1n) is 5.33. The van der Waals surface area contributed by atoms with Crippen molar-refractivity contribution < 1.29 is 4.74 Å². The van der Waals surface area contributed by atoms with Gasteiger partial charge in [-0.1, -0.05) is 0 Å². The van der Waals surface area contributed by atoms with E-state index >= 15 is 0 Å². The molecule has 0 amide bonds. The summed E-state index contributed by atoms with van der Waals surface area (Å²) in [4.78, 5) is 4.18. The number of nitrogens with one attached hydrogen (secondary N) is 1. The van der Waals surface area contributed by atoms with E-state index in [-0.39, 0.29) is 0 Å². The highest BCUT2D eigenvalue weighted by Gasteiger charge is 2.19. The number of allylic oxidation sites excluding steroid dienone is 1. The van der Waals surface area contributed by atoms with Gasteiger partial charge in [0, 0.05) is 5.71 Å². The summed E-state index contributed by atoms with van der Waals surface area (Å²) in [5, 5.41) is 7.53. The molecule has 0 aromatic rings. The Hall–Kier alpha value is -1.12. The molecule has 0 aromatic heterocycles. The van der Waals surface area contributed by atoms with Crippen molar-refractivity contribution in [3.63, 3.8) is 0 Å². The van der Waals surface area contributed by atoms with Gasteiger partial charge in [0.1, 0.15) is 6.10 Å². The van der Waals surface area contributed by atoms with E-state index in [1.165, 1.54) is 6.42 Å². The standard InChI is InChI=1S/C11H16N2O/c12-9-4-1-2-7-11(13-8-9)14-10-5-3-6-10/h7-8,10,12H,1-6H2/b11-7+,12-9?,13-8?. The second kappa shape index (κ2) is 4.40. The monoisotopic (exact) mass is 192 g/mol. The van der Waals surface area contributed by atoms with E-state index in [2.05, 4.69) is 4.99 Å². The SMILES string of the molecule is N=C1C=N/C(OC2CCC2)=C\CCC1. The molecule has 1 fully saturated rings. The second-order valence-electron chi connectivity index (χ2n) is 3.89. The first kappa shape index (κ1) is 9.44. The van der Waals surface area contributed by atoms with Crippen LogP contribution >= 0.6 is 0 Å². The van der Waals surface area contributed by atoms with Crippen LogP contribution in [0, 0.1) is 5.41 Å². The van der Waals surface area contributed by atoms with Crippen LogP contribution in [0.15, 0.2) is 17.0 Å². The molecule has 0 bridgehead atoms. The second-order valence-corrected chi connectivity index (χ2v) is 3.89. The van der Waals surface area contributed by atoms with E-state index in [9.17, 15) is 0 Å². The lowest BCUT2D eigenvalue weighted by molar-refractivity contribution is 0.0508. The zero-order valence-corrected chi connectivity index (χ0v) is 8.33. The lowest BCUT2D eigenvalue weighted by Gasteiger charge is -2.26. The van der Waals surface area contributed by atoms with Crippen LogP contribution in [0.25, 0.3) is 0 Å². The molecule has 3 nitrogen and oxygen atoms in total. The van der Waals surface area contributed by atoms with Gasteiger partial charge in [0.2, 0.25) is 5.88 Å². The summed E-state index contributed by atoms with van der Waals surface area (Å²) in [6, 6.07) is 0. The molecule has 1 N–H and O–H groups in total. The Labute approximate surface area is 84.4 Å². The van der Waals surface area contributed by atoms with Gasteiger partial charge >= 0.3 is 0 Å². The molecule has 2 rings (SSSR count). The molecule has 1 aliphatic heterocycles. The number of aliphatic imine (C=N–C) groups is 1. The van der Waals surface area contributed by atoms with Crippen LogP contribution in [0.1, 0.15) is 38.5 Å². The summed E-state index contributed by atoms with van der Waals surface area (Å²) in [5.74, 6) is 0.721. The maximum absolute atomic E-state index is 7.53. The van der Waals surface area contributed by atoms with E-state index in [0.29, 0.717) is 11.8 Å². The van der Waals surface area contributed by atoms with Gasteiger partial charge < -0.3 is 10.1 Å². The quantitative estimate of drug-likeness (QED) is 0.718. The van der Waals surface area contributed by atoms with E-state index in [1.807, 2.05) is 6.08 Å². The van der Waals surface area contributed by atoms with Crippen molar-refractivity contribution in [1.82, 2.24) is 0 Å². The minimum absolute atomic E-state index is 0.381. The lowest BCUT2D eigenvalue weighted by atomic mass is 9.96. The maximum Gasteiger partial charge on any atom is 0.209 e. The molecule has 0 radical (unpaired) electrons. The fraction of sp³-hybridized carbons (Fsp3) is 0.636. The molecule has 14 heavy (non-hydrogen) atoms. The Morgan fingerprint density at radius 1 is 1.36 bits per heavy atom. The lowest BCUT2D eigenvalue weighted by Crippen LogP contribution is -2.21. The fourth-order valence-corrected chi connectivity index (χ4v) is 1.51. The Balaban J connectivity index is 1.93. The molecule has 1 aliphatic carbocycles. The van der Waals surface area contributed by atoms with Crippen molar-refractivity contribution >= 4 is 11.9 Å². The van der Waals surface area contributed by atoms with Gasteiger partial charge in [-0.15, -0.1) is 0 Å². The molecule has 0 unspecified atom stereocenters. The van der Waals surface area contributed by atoms with E-state index in [0.717, 1.165) is 38.0 Å². The molecular formula is C11H16N2O. The highest BCUT2D eigenvalue weighted by Crippen LogP contribution is 2.25. The van der Waals surface area contributed by atoms with E-state index < -0.39 is 0 Å². The zero-order chi connectivity index (χ0) is 9.80. The number of nitrogens with zero attached hydrogens (tertiary/aromatic N) is 1. The summed E-state index contributed by atoms with van der Waals surface area (Å²) >= 11 is 0. The third kappa shape index (κ3) is 2.44. The molecule has 2 aliphatic rings. The number of rotatable bonds is 2. The fourth-order valence-electron chi connectivity index (χ4n) is 1.51. The largest absolute Gasteiger partial charge is 0.475 e. The van der Waals surface area contributed by atoms with Crippen LogP contribution in [-0.4, -0.2) is 18.0 Å². The Morgan fingerprint density at radius 2 is 2.21 bits per heavy atom. The van der Waals surface area contributed by atoms with Gasteiger partial charge in [-0.25, -0.2) is 4.99 Å². The normalized spacial score (nSPS) is 27.1. The minimum Gasteiger partial charge on any atom is -0.475 e. The van der Waals surface area contributed by atoms with Gasteiger partial charge in [0.05, 0.1) is 6.21 Å². The molecule has 76 valence electrons. The van der Waals surface area contributed by atoms with E-state index in [1.54, 1.807) is 6.21 Å². The molecule has 0 saturated heterocycles. The number of ether oxygens (including phenoxy) is 1. The van der Waals surface area contributed by atoms with E-state index in [4.69, 9.17) is 10.1 Å². The van der Waals surface area contributed by atoms with Crippen LogP contribution in [-0.2, 0) is 4.74 Å². The highest BCUT2D eigenvalue weighted by molar-refractivity contribution is 6.29. The topological polar surface area (TPSA) is 45.4 Å². The maximum atomic E-state index is 7.53. The third-order valence-corrected chi connectivity index (χ3v) is 2.66. The third-order valence-electron chi connectivity index (χ3n) is 2.66. The number of hydrogen-bond donors (Lipinski definition) is 1. The summed E-state index contributed by atoms with van der Waals surface area (Å²) in [5.41, 5.74) is 0.604. The first-order chi connectivity index (χ1) is 6.84. The minimum atomic E-state index is 0.381. The summed E-state index contributed by atoms with van der Waals surface area (Å²) in [6.45, 7) is 0. The first-order valence-corrected chi connectivity index (χ1v) is 5.33. The molecule has 1 saturated carbocycles. The Bertz CT molecular complexity index is 277. The molecule has 0 spiro atoms. The summed E-state index contributed by atoms with van der Waals surface area (Å²) in [7, 11) is 0. The molecular weight excluding hydrogens is 176 g/mol. The molecule has 0 atom stereocenters. The molecule has 0 aromatic carbocycles. The van der Waals surface area contributed by atoms with Crippen LogP contribution in [0.4, 0.5) is 0 Å². The van der Waals surface area contributed by atoms with Gasteiger partial charge in [0.15, 0.2) is 0 Å². The molecule has 1 heterocycles. The van der Waals surface area contributed by atoms with Gasteiger partial charge in [-0.05, 0) is 44.6 Å². The average Bonchev–Trinajstić information content (AvgIpc) is 2.08. The van der Waals surface area contributed by atoms with Crippen molar-refractivity contribution in [3.05, 3.63) is 12.0 Å². The smallest absolute Gasteiger partial charge is 0.209 e. The van der Waals surface area contributed by atoms with Crippen molar-refractivity contribution in [3.8, 4) is 0 Å². The Morgan fingerprint density at radius 3 is 2.93 bits per heavy atom.